The first-order valence-electron chi connectivity index (χ1n) is 49.6. The standard InChI is InChI=1S/C92H158N4O47/c1-7-9-11-13-15-17-19-20-22-23-25-27-29-31-51(108)50(96-62(114)32-30-28-26-24-21-18-16-14-12-10-8-2)44-130-84-72(121)71(120)76(60(42-102)133-84)136-86-74(123)82(143-92(89(128)129)36-54(111)65(95-48(6)107)80(141-92)70(119)59(41-101)138-90(87(124)125)34-52(109)63(93-46(4)105)78(139-90)66(115)55(112)37-97)77(61(43-103)134-86)137-83-49(33-45(3)104)75(68(117)57(39-99)131-83)135-85-73(122)81(69(118)58(40-100)132-85)142-91(88(126)127)35-53(110)64(94-47(5)106)79(140-91)67(116)56(113)38-98/h29,31,49-61,63-86,97-103,108-113,115-123H,7-28,30,32-44H2,1-6H3,(H,93,105)(H,94,106)(H,95,107)(H,96,114)(H,124,125)(H,126,127)(H,128,129). The fourth-order valence-electron chi connectivity index (χ4n) is 19.0. The van der Waals surface area contributed by atoms with E-state index in [0.29, 0.717) is 12.8 Å². The molecule has 7 heterocycles. The molecular formula is C92H158N4O47. The van der Waals surface area contributed by atoms with Crippen LogP contribution in [0.4, 0.5) is 0 Å². The lowest BCUT2D eigenvalue weighted by Gasteiger charge is -2.53. The molecule has 0 radical (unpaired) electrons. The number of aliphatic hydroxyl groups excluding tert-OH is 22. The number of unbranched alkanes of at least 4 members (excludes halogenated alkanes) is 21. The van der Waals surface area contributed by atoms with Crippen molar-refractivity contribution in [2.45, 2.75) is 459 Å². The lowest BCUT2D eigenvalue weighted by Crippen LogP contribution is -2.72. The normalized spacial score (nSPS) is 36.2. The highest BCUT2D eigenvalue weighted by Crippen LogP contribution is 2.46. The molecule has 7 saturated heterocycles. The maximum atomic E-state index is 14.6. The van der Waals surface area contributed by atoms with Crippen LogP contribution in [0.5, 0.6) is 0 Å². The molecule has 4 amide bonds. The topological polar surface area (TPSA) is 820 Å². The number of carbonyl (C=O) groups excluding carboxylic acids is 5. The van der Waals surface area contributed by atoms with Crippen LogP contribution in [0, 0.1) is 5.92 Å². The van der Waals surface area contributed by atoms with Crippen molar-refractivity contribution in [3.05, 3.63) is 12.2 Å². The molecule has 0 aromatic heterocycles. The summed E-state index contributed by atoms with van der Waals surface area (Å²) in [6.07, 6.45) is -53.5. The molecule has 0 aromatic carbocycles. The smallest absolute Gasteiger partial charge is 0.364 e. The first kappa shape index (κ1) is 124. The zero-order valence-corrected chi connectivity index (χ0v) is 81.6. The van der Waals surface area contributed by atoms with Crippen LogP contribution in [0.3, 0.4) is 0 Å². The summed E-state index contributed by atoms with van der Waals surface area (Å²) in [6.45, 7) is -2.12. The van der Waals surface area contributed by atoms with Crippen LogP contribution in [-0.4, -0.2) is 465 Å². The second kappa shape index (κ2) is 60.3. The van der Waals surface area contributed by atoms with E-state index in [1.165, 1.54) is 51.0 Å². The summed E-state index contributed by atoms with van der Waals surface area (Å²) < 4.78 is 84.8. The minimum atomic E-state index is -3.79. The van der Waals surface area contributed by atoms with Crippen molar-refractivity contribution in [2.24, 2.45) is 5.92 Å². The molecule has 0 spiro atoms. The first-order chi connectivity index (χ1) is 67.9. The summed E-state index contributed by atoms with van der Waals surface area (Å²) in [6, 6.07) is -7.08. The van der Waals surface area contributed by atoms with Gasteiger partial charge in [-0.1, -0.05) is 154 Å². The summed E-state index contributed by atoms with van der Waals surface area (Å²) >= 11 is 0. The third kappa shape index (κ3) is 34.1. The van der Waals surface area contributed by atoms with Gasteiger partial charge in [-0.15, -0.1) is 0 Å². The Morgan fingerprint density at radius 1 is 0.399 bits per heavy atom. The fourth-order valence-corrected chi connectivity index (χ4v) is 19.0. The van der Waals surface area contributed by atoms with Gasteiger partial charge in [0.2, 0.25) is 23.6 Å². The third-order valence-electron chi connectivity index (χ3n) is 26.9. The quantitative estimate of drug-likeness (QED) is 0.0199. The fraction of sp³-hybridized carbons (Fsp3) is 0.891. The van der Waals surface area contributed by atoms with Gasteiger partial charge in [-0.2, -0.15) is 0 Å². The minimum absolute atomic E-state index is 0.0477. The maximum absolute atomic E-state index is 14.6. The van der Waals surface area contributed by atoms with Crippen LogP contribution in [-0.2, 0) is 105 Å². The number of ketones is 1. The lowest BCUT2D eigenvalue weighted by atomic mass is 9.86. The van der Waals surface area contributed by atoms with Crippen LogP contribution >= 0.6 is 0 Å². The number of nitrogens with one attached hydrogen (secondary N) is 4. The molecule has 7 aliphatic rings. The summed E-state index contributed by atoms with van der Waals surface area (Å²) in [5, 5.41) is 296. The number of rotatable bonds is 63. The van der Waals surface area contributed by atoms with E-state index in [1.807, 2.05) is 0 Å². The lowest BCUT2D eigenvalue weighted by molar-refractivity contribution is -0.409. The molecule has 51 nitrogen and oxygen atoms in total. The average Bonchev–Trinajstić information content (AvgIpc) is 0.745. The van der Waals surface area contributed by atoms with Crippen LogP contribution in [0.1, 0.15) is 221 Å². The molecule has 0 aliphatic carbocycles. The van der Waals surface area contributed by atoms with E-state index < -0.39 is 369 Å². The van der Waals surface area contributed by atoms with Gasteiger partial charge in [0.05, 0.1) is 108 Å². The van der Waals surface area contributed by atoms with E-state index in [0.717, 1.165) is 118 Å². The highest BCUT2D eigenvalue weighted by molar-refractivity contribution is 5.79. The van der Waals surface area contributed by atoms with Gasteiger partial charge < -0.3 is 220 Å². The Hall–Kier alpha value is -5.74. The van der Waals surface area contributed by atoms with Crippen molar-refractivity contribution in [1.29, 1.82) is 0 Å². The van der Waals surface area contributed by atoms with Crippen LogP contribution in [0.2, 0.25) is 0 Å². The zero-order chi connectivity index (χ0) is 106. The third-order valence-corrected chi connectivity index (χ3v) is 26.9. The number of allylic oxidation sites excluding steroid dienone is 1. The molecule has 0 aromatic rings. The molecule has 7 fully saturated rings. The van der Waals surface area contributed by atoms with Crippen molar-refractivity contribution < 1.29 is 232 Å². The molecular weight excluding hydrogens is 1910 g/mol. The Labute approximate surface area is 827 Å². The highest BCUT2D eigenvalue weighted by atomic mass is 16.8. The molecule has 7 aliphatic heterocycles. The SMILES string of the molecule is CCCCCCCCCCCCCC=CC(O)C(COC1OC(CO)C(OC2OC(CO)C(OC3OC(CO)C(O)C(OC4OC(CO)C(O)C(OC5(C(=O)O)CC(O)C(NC(C)=O)C(C(O)C(O)CO)O5)C4O)C3CC(C)=O)C(OC3(C(=O)O)CC(O)C(NC(C)=O)C(C(O)C(CO)OC4(C(=O)O)CC(O)C(NC(C)=O)C(C(O)C(O)CO)O4)O3)C2O)C(O)C1O)NC(=O)CCCCCCCCCCCCC. The molecule has 0 saturated carbocycles. The molecule has 143 heavy (non-hydrogen) atoms. The molecule has 7 rings (SSSR count). The molecule has 40 unspecified atom stereocenters. The molecule has 40 atom stereocenters. The summed E-state index contributed by atoms with van der Waals surface area (Å²) in [4.78, 5) is 107. The summed E-state index contributed by atoms with van der Waals surface area (Å²) in [7, 11) is 0. The van der Waals surface area contributed by atoms with E-state index in [2.05, 4.69) is 35.1 Å². The van der Waals surface area contributed by atoms with E-state index in [1.54, 1.807) is 6.08 Å². The van der Waals surface area contributed by atoms with Crippen LogP contribution < -0.4 is 21.3 Å². The van der Waals surface area contributed by atoms with Crippen molar-refractivity contribution >= 4 is 47.3 Å². The zero-order valence-electron chi connectivity index (χ0n) is 81.6. The predicted molar refractivity (Wildman–Crippen MR) is 484 cm³/mol. The number of Topliss-reactive ketones (excluding diaryl/α,β-unsaturated/α-hetero) is 1. The summed E-state index contributed by atoms with van der Waals surface area (Å²) in [5.74, 6) is -23.8. The van der Waals surface area contributed by atoms with Crippen molar-refractivity contribution in [3.63, 3.8) is 0 Å². The second-order valence-electron chi connectivity index (χ2n) is 38.1. The van der Waals surface area contributed by atoms with Gasteiger partial charge in [0, 0.05) is 58.8 Å². The first-order valence-corrected chi connectivity index (χ1v) is 49.6. The Bertz CT molecular complexity index is 3840. The van der Waals surface area contributed by atoms with Gasteiger partial charge >= 0.3 is 17.9 Å². The summed E-state index contributed by atoms with van der Waals surface area (Å²) in [5.41, 5.74) is 0. The number of carboxylic acid groups (broad SMARTS) is 3. The Morgan fingerprint density at radius 3 is 1.20 bits per heavy atom. The number of hydrogen-bond acceptors (Lipinski definition) is 44. The van der Waals surface area contributed by atoms with E-state index in [9.17, 15) is 166 Å². The van der Waals surface area contributed by atoms with Crippen molar-refractivity contribution in [3.8, 4) is 0 Å². The van der Waals surface area contributed by atoms with Gasteiger partial charge in [0.1, 0.15) is 146 Å². The van der Waals surface area contributed by atoms with Crippen LogP contribution in [0.15, 0.2) is 12.2 Å². The van der Waals surface area contributed by atoms with Gasteiger partial charge in [-0.3, -0.25) is 19.2 Å². The number of carbonyl (C=O) groups is 8. The van der Waals surface area contributed by atoms with Crippen LogP contribution in [0.25, 0.3) is 0 Å². The van der Waals surface area contributed by atoms with Crippen molar-refractivity contribution in [2.75, 3.05) is 52.9 Å². The van der Waals surface area contributed by atoms with E-state index in [4.69, 9.17) is 66.3 Å². The van der Waals surface area contributed by atoms with Gasteiger partial charge in [0.15, 0.2) is 25.2 Å². The second-order valence-corrected chi connectivity index (χ2v) is 38.1. The minimum Gasteiger partial charge on any atom is -0.477 e. The molecule has 0 bridgehead atoms. The van der Waals surface area contributed by atoms with Gasteiger partial charge in [-0.25, -0.2) is 14.4 Å². The number of amides is 4. The Balaban J connectivity index is 1.28. The average molecular weight is 2070 g/mol. The van der Waals surface area contributed by atoms with Gasteiger partial charge in [0.25, 0.3) is 17.4 Å². The van der Waals surface area contributed by atoms with E-state index in [-0.39, 0.29) is 6.42 Å². The number of ether oxygens (including phenoxy) is 14. The van der Waals surface area contributed by atoms with Crippen molar-refractivity contribution in [1.82, 2.24) is 21.3 Å². The van der Waals surface area contributed by atoms with Gasteiger partial charge in [-0.05, 0) is 26.2 Å². The number of aliphatic hydroxyl groups is 22. The Morgan fingerprint density at radius 2 is 0.769 bits per heavy atom. The monoisotopic (exact) mass is 2070 g/mol. The maximum Gasteiger partial charge on any atom is 0.364 e. The Kier molecular flexibility index (Phi) is 52.4. The van der Waals surface area contributed by atoms with E-state index >= 15 is 0 Å². The molecule has 828 valence electrons. The predicted octanol–water partition coefficient (Wildman–Crippen LogP) is -7.16. The number of carboxylic acids is 3. The number of hydrogen-bond donors (Lipinski definition) is 29. The largest absolute Gasteiger partial charge is 0.477 e. The molecule has 51 heteroatoms. The number of aliphatic carboxylic acids is 3. The highest BCUT2D eigenvalue weighted by Gasteiger charge is 2.66. The molecule has 29 N–H and O–H groups in total.